The van der Waals surface area contributed by atoms with Gasteiger partial charge in [-0.15, -0.1) is 0 Å². The van der Waals surface area contributed by atoms with Gasteiger partial charge in [0.05, 0.1) is 18.2 Å². The Labute approximate surface area is 200 Å². The van der Waals surface area contributed by atoms with Crippen molar-refractivity contribution < 1.29 is 0 Å². The van der Waals surface area contributed by atoms with Crippen LogP contribution in [0.2, 0.25) is 0 Å². The second-order valence-electron chi connectivity index (χ2n) is 7.77. The molecule has 0 amide bonds. The van der Waals surface area contributed by atoms with Crippen LogP contribution >= 0.6 is 0 Å². The Bertz CT molecular complexity index is 1290. The summed E-state index contributed by atoms with van der Waals surface area (Å²) in [6.07, 6.45) is 12.5. The molecule has 0 aromatic heterocycles. The molecule has 34 heavy (non-hydrogen) atoms. The molecular weight excluding hydrogens is 412 g/mol. The van der Waals surface area contributed by atoms with Crippen LogP contribution in [-0.2, 0) is 0 Å². The predicted octanol–water partition coefficient (Wildman–Crippen LogP) is 8.62. The fourth-order valence-corrected chi connectivity index (χ4v) is 3.34. The third-order valence-electron chi connectivity index (χ3n) is 5.34. The summed E-state index contributed by atoms with van der Waals surface area (Å²) in [4.78, 5) is 3.42. The van der Waals surface area contributed by atoms with Crippen LogP contribution in [0.4, 0.5) is 5.69 Å². The molecule has 2 heteroatoms. The van der Waals surface area contributed by atoms with E-state index >= 15 is 0 Å². The Hall–Kier alpha value is -4.92. The van der Waals surface area contributed by atoms with E-state index in [1.165, 1.54) is 0 Å². The lowest BCUT2D eigenvalue weighted by Crippen LogP contribution is -1.78. The lowest BCUT2D eigenvalue weighted by Gasteiger charge is -1.99. The summed E-state index contributed by atoms with van der Waals surface area (Å²) < 4.78 is 0. The molecule has 0 bridgehead atoms. The van der Waals surface area contributed by atoms with E-state index in [-0.39, 0.29) is 0 Å². The molecule has 0 unspecified atom stereocenters. The normalized spacial score (nSPS) is 11.1. The van der Waals surface area contributed by atoms with E-state index in [4.69, 9.17) is 11.8 Å². The van der Waals surface area contributed by atoms with Gasteiger partial charge in [-0.3, -0.25) is 0 Å². The Balaban J connectivity index is 1.34. The molecule has 0 spiro atoms. The van der Waals surface area contributed by atoms with Crippen LogP contribution in [0.15, 0.2) is 97.1 Å². The summed E-state index contributed by atoms with van der Waals surface area (Å²) in [6.45, 7) is 7.02. The molecule has 0 aliphatic heterocycles. The Morgan fingerprint density at radius 3 is 1.00 bits per heavy atom. The van der Waals surface area contributed by atoms with Crippen LogP contribution in [0.5, 0.6) is 0 Å². The van der Waals surface area contributed by atoms with Crippen molar-refractivity contribution in [1.29, 1.82) is 5.26 Å². The van der Waals surface area contributed by atoms with Gasteiger partial charge in [-0.1, -0.05) is 121 Å². The Kier molecular flexibility index (Phi) is 7.27. The molecule has 0 aliphatic carbocycles. The zero-order chi connectivity index (χ0) is 23.6. The predicted molar refractivity (Wildman–Crippen MR) is 144 cm³/mol. The van der Waals surface area contributed by atoms with E-state index in [0.29, 0.717) is 11.3 Å². The maximum absolute atomic E-state index is 8.88. The molecule has 0 N–H and O–H groups in total. The summed E-state index contributed by atoms with van der Waals surface area (Å²) >= 11 is 0. The van der Waals surface area contributed by atoms with Crippen molar-refractivity contribution >= 4 is 42.1 Å². The van der Waals surface area contributed by atoms with Gasteiger partial charge in [-0.05, 0) is 45.5 Å². The van der Waals surface area contributed by atoms with Crippen LogP contribution in [0, 0.1) is 17.9 Å². The largest absolute Gasteiger partial charge is 0.238 e. The van der Waals surface area contributed by atoms with E-state index in [2.05, 4.69) is 89.8 Å². The summed E-state index contributed by atoms with van der Waals surface area (Å²) in [7, 11) is 0. The first kappa shape index (κ1) is 22.3. The molecule has 0 aliphatic rings. The van der Waals surface area contributed by atoms with E-state index in [0.717, 1.165) is 33.4 Å². The molecule has 0 radical (unpaired) electrons. The average molecular weight is 435 g/mol. The zero-order valence-electron chi connectivity index (χ0n) is 18.6. The van der Waals surface area contributed by atoms with Gasteiger partial charge >= 0.3 is 0 Å². The van der Waals surface area contributed by atoms with Crippen LogP contribution in [0.3, 0.4) is 0 Å². The third kappa shape index (κ3) is 6.30. The van der Waals surface area contributed by atoms with Gasteiger partial charge < -0.3 is 0 Å². The first-order valence-electron chi connectivity index (χ1n) is 10.9. The molecule has 0 fully saturated rings. The molecule has 0 saturated heterocycles. The second kappa shape index (κ2) is 11.1. The zero-order valence-corrected chi connectivity index (χ0v) is 18.6. The van der Waals surface area contributed by atoms with Crippen molar-refractivity contribution in [2.45, 2.75) is 0 Å². The SMILES string of the molecule is [C-]#[N+]c1ccc(C=Cc2ccc(C=Cc3ccc(C=Cc4ccc(C#N)cc4)cc3)cc2)cc1. The molecular formula is C32H22N2. The van der Waals surface area contributed by atoms with Crippen molar-refractivity contribution in [1.82, 2.24) is 0 Å². The van der Waals surface area contributed by atoms with E-state index in [1.54, 1.807) is 0 Å². The van der Waals surface area contributed by atoms with Crippen molar-refractivity contribution in [3.05, 3.63) is 147 Å². The van der Waals surface area contributed by atoms with Crippen molar-refractivity contribution in [2.24, 2.45) is 0 Å². The first-order valence-corrected chi connectivity index (χ1v) is 10.9. The third-order valence-corrected chi connectivity index (χ3v) is 5.34. The highest BCUT2D eigenvalue weighted by Crippen LogP contribution is 2.17. The molecule has 2 nitrogen and oxygen atoms in total. The minimum Gasteiger partial charge on any atom is -0.238 e. The van der Waals surface area contributed by atoms with Crippen molar-refractivity contribution in [3.8, 4) is 6.07 Å². The lowest BCUT2D eigenvalue weighted by molar-refractivity contribution is 1.48. The summed E-state index contributed by atoms with van der Waals surface area (Å²) in [6, 6.07) is 34.0. The molecule has 4 aromatic carbocycles. The Morgan fingerprint density at radius 1 is 0.471 bits per heavy atom. The fourth-order valence-electron chi connectivity index (χ4n) is 3.34. The highest BCUT2D eigenvalue weighted by molar-refractivity contribution is 5.75. The van der Waals surface area contributed by atoms with Crippen LogP contribution in [0.25, 0.3) is 41.3 Å². The van der Waals surface area contributed by atoms with Gasteiger partial charge in [-0.2, -0.15) is 5.26 Å². The van der Waals surface area contributed by atoms with E-state index in [9.17, 15) is 0 Å². The molecule has 0 heterocycles. The molecule has 4 rings (SSSR count). The number of rotatable bonds is 6. The van der Waals surface area contributed by atoms with Crippen LogP contribution in [0.1, 0.15) is 38.9 Å². The monoisotopic (exact) mass is 434 g/mol. The number of hydrogen-bond donors (Lipinski definition) is 0. The average Bonchev–Trinajstić information content (AvgIpc) is 2.91. The first-order chi connectivity index (χ1) is 16.7. The fraction of sp³-hybridized carbons (Fsp3) is 0. The minimum atomic E-state index is 0.655. The van der Waals surface area contributed by atoms with Gasteiger partial charge in [0.25, 0.3) is 0 Å². The molecule has 0 atom stereocenters. The van der Waals surface area contributed by atoms with Crippen LogP contribution in [-0.4, -0.2) is 0 Å². The molecule has 160 valence electrons. The second-order valence-corrected chi connectivity index (χ2v) is 7.77. The van der Waals surface area contributed by atoms with E-state index in [1.807, 2.05) is 54.6 Å². The summed E-state index contributed by atoms with van der Waals surface area (Å²) in [5.41, 5.74) is 8.01. The number of nitriles is 1. The Morgan fingerprint density at radius 2 is 0.735 bits per heavy atom. The molecule has 0 saturated carbocycles. The standard InChI is InChI=1S/C32H22N2/c1-34-32-22-20-30(21-23-32)15-14-28-10-8-26(9-11-28)3-2-25-4-6-27(7-5-25)12-13-29-16-18-31(24-33)19-17-29/h2-23H. The maximum Gasteiger partial charge on any atom is 0.187 e. The van der Waals surface area contributed by atoms with Gasteiger partial charge in [0.2, 0.25) is 0 Å². The van der Waals surface area contributed by atoms with Crippen LogP contribution < -0.4 is 0 Å². The van der Waals surface area contributed by atoms with Gasteiger partial charge in [-0.25, -0.2) is 4.85 Å². The van der Waals surface area contributed by atoms with Crippen molar-refractivity contribution in [2.75, 3.05) is 0 Å². The highest BCUT2D eigenvalue weighted by Gasteiger charge is 1.94. The van der Waals surface area contributed by atoms with Gasteiger partial charge in [0.1, 0.15) is 0 Å². The summed E-state index contributed by atoms with van der Waals surface area (Å²) in [5, 5.41) is 8.88. The van der Waals surface area contributed by atoms with Crippen molar-refractivity contribution in [3.63, 3.8) is 0 Å². The molecule has 4 aromatic rings. The number of benzene rings is 4. The smallest absolute Gasteiger partial charge is 0.187 e. The van der Waals surface area contributed by atoms with E-state index < -0.39 is 0 Å². The van der Waals surface area contributed by atoms with Gasteiger partial charge in [0.15, 0.2) is 5.69 Å². The number of nitrogens with zero attached hydrogens (tertiary/aromatic N) is 2. The van der Waals surface area contributed by atoms with Gasteiger partial charge in [0, 0.05) is 0 Å². The maximum atomic E-state index is 8.88. The minimum absolute atomic E-state index is 0.655. The lowest BCUT2D eigenvalue weighted by atomic mass is 10.1. The topological polar surface area (TPSA) is 28.1 Å². The highest BCUT2D eigenvalue weighted by atomic mass is 14.6. The quantitative estimate of drug-likeness (QED) is 0.220. The summed E-state index contributed by atoms with van der Waals surface area (Å²) in [5.74, 6) is 0. The number of hydrogen-bond acceptors (Lipinski definition) is 1.